The molecule has 1 aliphatic carbocycles. The zero-order valence-electron chi connectivity index (χ0n) is 24.0. The molecule has 7 unspecified atom stereocenters. The summed E-state index contributed by atoms with van der Waals surface area (Å²) in [5.41, 5.74) is 5.40. The van der Waals surface area contributed by atoms with Crippen LogP contribution in [-0.2, 0) is 9.53 Å². The first kappa shape index (κ1) is 30.3. The first-order chi connectivity index (χ1) is 16.7. The van der Waals surface area contributed by atoms with Crippen molar-refractivity contribution in [3.05, 3.63) is 58.7 Å². The highest BCUT2D eigenvalue weighted by Crippen LogP contribution is 2.41. The molecular formula is C32H50O4. The van der Waals surface area contributed by atoms with Crippen molar-refractivity contribution in [2.45, 2.75) is 106 Å². The minimum atomic E-state index is -0.896. The van der Waals surface area contributed by atoms with E-state index in [0.717, 1.165) is 5.57 Å². The standard InChI is InChI=1S/C32H50O4/c1-20(15-16-27-22(3)14-11-17-32(27,8)9)12-10-13-21(2)18-28(33)23(4)19-29-25(6)24(5)26(7)30(36-29)31(34)35/h10,12-13,15-16,18,23-26,28-30,33H,11,14,17,19H2,1-9H3,(H,34,35)/b13-10+,16-15+,20-12+,21-18+. The van der Waals surface area contributed by atoms with E-state index in [9.17, 15) is 15.0 Å². The van der Waals surface area contributed by atoms with E-state index < -0.39 is 18.2 Å². The SMILES string of the molecule is CC1=C(/C=C/C(C)=C/C=C/C(C)=C/C(O)C(C)CC2OC(C(=O)O)C(C)C(C)C2C)C(C)(C)CCC1. The largest absolute Gasteiger partial charge is 0.479 e. The minimum Gasteiger partial charge on any atom is -0.479 e. The second kappa shape index (κ2) is 13.1. The Labute approximate surface area is 219 Å². The van der Waals surface area contributed by atoms with Gasteiger partial charge < -0.3 is 14.9 Å². The minimum absolute atomic E-state index is 0.0254. The number of ether oxygens (including phenoxy) is 1. The van der Waals surface area contributed by atoms with Crippen molar-refractivity contribution >= 4 is 5.97 Å². The molecule has 0 aromatic rings. The quantitative estimate of drug-likeness (QED) is 0.320. The van der Waals surface area contributed by atoms with Gasteiger partial charge in [0.05, 0.1) is 12.2 Å². The van der Waals surface area contributed by atoms with Crippen LogP contribution in [0.5, 0.6) is 0 Å². The van der Waals surface area contributed by atoms with Crippen molar-refractivity contribution in [3.63, 3.8) is 0 Å². The third kappa shape index (κ3) is 8.05. The lowest BCUT2D eigenvalue weighted by Gasteiger charge is -2.43. The highest BCUT2D eigenvalue weighted by Gasteiger charge is 2.42. The number of aliphatic hydroxyl groups excluding tert-OH is 1. The van der Waals surface area contributed by atoms with Gasteiger partial charge in [-0.05, 0) is 81.1 Å². The number of aliphatic hydroxyl groups is 1. The zero-order chi connectivity index (χ0) is 27.2. The number of hydrogen-bond acceptors (Lipinski definition) is 3. The summed E-state index contributed by atoms with van der Waals surface area (Å²) in [5.74, 6) is -0.459. The molecule has 4 nitrogen and oxygen atoms in total. The van der Waals surface area contributed by atoms with Gasteiger partial charge in [0.1, 0.15) is 0 Å². The molecule has 2 aliphatic rings. The monoisotopic (exact) mass is 498 g/mol. The Balaban J connectivity index is 1.97. The molecule has 0 spiro atoms. The van der Waals surface area contributed by atoms with Gasteiger partial charge in [-0.2, -0.15) is 0 Å². The van der Waals surface area contributed by atoms with Crippen molar-refractivity contribution in [2.24, 2.45) is 29.1 Å². The maximum atomic E-state index is 11.6. The first-order valence-electron chi connectivity index (χ1n) is 13.7. The number of carboxylic acids is 1. The summed E-state index contributed by atoms with van der Waals surface area (Å²) in [5, 5.41) is 20.3. The summed E-state index contributed by atoms with van der Waals surface area (Å²) in [7, 11) is 0. The molecule has 0 saturated carbocycles. The number of aliphatic carboxylic acids is 1. The normalized spacial score (nSPS) is 31.8. The number of allylic oxidation sites excluding steroid dienone is 9. The molecular weight excluding hydrogens is 448 g/mol. The Bertz CT molecular complexity index is 916. The smallest absolute Gasteiger partial charge is 0.333 e. The van der Waals surface area contributed by atoms with E-state index in [2.05, 4.69) is 59.8 Å². The zero-order valence-corrected chi connectivity index (χ0v) is 24.0. The number of carbonyl (C=O) groups is 1. The average Bonchev–Trinajstić information content (AvgIpc) is 2.78. The molecule has 36 heavy (non-hydrogen) atoms. The second-order valence-electron chi connectivity index (χ2n) is 12.2. The summed E-state index contributed by atoms with van der Waals surface area (Å²) in [6.45, 7) is 19.2. The van der Waals surface area contributed by atoms with Gasteiger partial charge in [0.2, 0.25) is 0 Å². The maximum Gasteiger partial charge on any atom is 0.333 e. The van der Waals surface area contributed by atoms with Crippen LogP contribution < -0.4 is 0 Å². The fraction of sp³-hybridized carbons (Fsp3) is 0.656. The first-order valence-corrected chi connectivity index (χ1v) is 13.7. The van der Waals surface area contributed by atoms with Gasteiger partial charge in [0.15, 0.2) is 6.10 Å². The van der Waals surface area contributed by atoms with Crippen molar-refractivity contribution in [3.8, 4) is 0 Å². The molecule has 2 rings (SSSR count). The summed E-state index contributed by atoms with van der Waals surface area (Å²) in [6, 6.07) is 0. The molecule has 1 aliphatic heterocycles. The van der Waals surface area contributed by atoms with Crippen LogP contribution in [0, 0.1) is 29.1 Å². The predicted octanol–water partition coefficient (Wildman–Crippen LogP) is 7.67. The number of hydrogen-bond donors (Lipinski definition) is 2. The molecule has 1 saturated heterocycles. The molecule has 0 amide bonds. The van der Waals surface area contributed by atoms with E-state index >= 15 is 0 Å². The molecule has 0 aromatic carbocycles. The van der Waals surface area contributed by atoms with E-state index in [1.54, 1.807) is 0 Å². The van der Waals surface area contributed by atoms with Crippen LogP contribution in [0.25, 0.3) is 0 Å². The van der Waals surface area contributed by atoms with Gasteiger partial charge in [0, 0.05) is 0 Å². The van der Waals surface area contributed by atoms with Gasteiger partial charge >= 0.3 is 5.97 Å². The van der Waals surface area contributed by atoms with Crippen LogP contribution in [0.1, 0.15) is 88.0 Å². The third-order valence-corrected chi connectivity index (χ3v) is 8.68. The van der Waals surface area contributed by atoms with Gasteiger partial charge in [-0.3, -0.25) is 0 Å². The Morgan fingerprint density at radius 2 is 1.78 bits per heavy atom. The molecule has 202 valence electrons. The number of carboxylic acid groups (broad SMARTS) is 1. The van der Waals surface area contributed by atoms with Crippen LogP contribution in [0.3, 0.4) is 0 Å². The Hall–Kier alpha value is -1.91. The lowest BCUT2D eigenvalue weighted by molar-refractivity contribution is -0.181. The molecule has 1 fully saturated rings. The van der Waals surface area contributed by atoms with E-state index in [-0.39, 0.29) is 35.2 Å². The lowest BCUT2D eigenvalue weighted by atomic mass is 9.72. The lowest BCUT2D eigenvalue weighted by Crippen LogP contribution is -2.48. The van der Waals surface area contributed by atoms with Crippen LogP contribution in [-0.4, -0.2) is 34.5 Å². The number of rotatable bonds is 9. The average molecular weight is 499 g/mol. The highest BCUT2D eigenvalue weighted by atomic mass is 16.5. The molecule has 2 N–H and O–H groups in total. The van der Waals surface area contributed by atoms with E-state index in [1.807, 2.05) is 39.0 Å². The molecule has 0 aromatic heterocycles. The third-order valence-electron chi connectivity index (χ3n) is 8.68. The van der Waals surface area contributed by atoms with E-state index in [0.29, 0.717) is 6.42 Å². The summed E-state index contributed by atoms with van der Waals surface area (Å²) >= 11 is 0. The predicted molar refractivity (Wildman–Crippen MR) is 150 cm³/mol. The van der Waals surface area contributed by atoms with E-state index in [1.165, 1.54) is 36.0 Å². The Morgan fingerprint density at radius 1 is 1.11 bits per heavy atom. The fourth-order valence-electron chi connectivity index (χ4n) is 5.71. The van der Waals surface area contributed by atoms with Crippen molar-refractivity contribution < 1.29 is 19.7 Å². The van der Waals surface area contributed by atoms with Crippen molar-refractivity contribution in [2.75, 3.05) is 0 Å². The second-order valence-corrected chi connectivity index (χ2v) is 12.2. The fourth-order valence-corrected chi connectivity index (χ4v) is 5.71. The van der Waals surface area contributed by atoms with Gasteiger partial charge in [-0.15, -0.1) is 0 Å². The van der Waals surface area contributed by atoms with Crippen molar-refractivity contribution in [1.82, 2.24) is 0 Å². The summed E-state index contributed by atoms with van der Waals surface area (Å²) in [4.78, 5) is 11.6. The van der Waals surface area contributed by atoms with Crippen LogP contribution >= 0.6 is 0 Å². The molecule has 7 atom stereocenters. The molecule has 4 heteroatoms. The van der Waals surface area contributed by atoms with Crippen LogP contribution in [0.2, 0.25) is 0 Å². The van der Waals surface area contributed by atoms with Gasteiger partial charge in [0.25, 0.3) is 0 Å². The molecule has 0 bridgehead atoms. The van der Waals surface area contributed by atoms with Gasteiger partial charge in [-0.1, -0.05) is 94.7 Å². The molecule has 1 heterocycles. The highest BCUT2D eigenvalue weighted by molar-refractivity contribution is 5.72. The van der Waals surface area contributed by atoms with Gasteiger partial charge in [-0.25, -0.2) is 4.79 Å². The Kier molecular flexibility index (Phi) is 11.0. The van der Waals surface area contributed by atoms with Crippen molar-refractivity contribution in [1.29, 1.82) is 0 Å². The topological polar surface area (TPSA) is 66.8 Å². The van der Waals surface area contributed by atoms with Crippen LogP contribution in [0.4, 0.5) is 0 Å². The molecule has 0 radical (unpaired) electrons. The maximum absolute atomic E-state index is 11.6. The van der Waals surface area contributed by atoms with E-state index in [4.69, 9.17) is 4.74 Å². The summed E-state index contributed by atoms with van der Waals surface area (Å²) < 4.78 is 5.98. The summed E-state index contributed by atoms with van der Waals surface area (Å²) in [6.07, 6.45) is 15.3. The van der Waals surface area contributed by atoms with Crippen LogP contribution in [0.15, 0.2) is 58.7 Å². The Morgan fingerprint density at radius 3 is 2.39 bits per heavy atom.